The predicted octanol–water partition coefficient (Wildman–Crippen LogP) is 6.62. The summed E-state index contributed by atoms with van der Waals surface area (Å²) in [6.07, 6.45) is 1.10. The Labute approximate surface area is 326 Å². The zero-order valence-electron chi connectivity index (χ0n) is 31.1. The van der Waals surface area contributed by atoms with Gasteiger partial charge in [-0.15, -0.1) is 0 Å². The highest BCUT2D eigenvalue weighted by molar-refractivity contribution is 6.21. The molecule has 10 heteroatoms. The third-order valence-electron chi connectivity index (χ3n) is 11.8. The molecule has 0 aromatic heterocycles. The third-order valence-corrected chi connectivity index (χ3v) is 11.8. The Morgan fingerprint density at radius 2 is 1.38 bits per heavy atom. The summed E-state index contributed by atoms with van der Waals surface area (Å²) < 4.78 is 13.5. The number of carbonyl (C=O) groups excluding carboxylic acids is 3. The summed E-state index contributed by atoms with van der Waals surface area (Å²) >= 11 is 0. The smallest absolute Gasteiger partial charge is 0.261 e. The predicted molar refractivity (Wildman–Crippen MR) is 211 cm³/mol. The van der Waals surface area contributed by atoms with Crippen molar-refractivity contribution in [3.8, 4) is 11.1 Å². The van der Waals surface area contributed by atoms with Gasteiger partial charge in [-0.2, -0.15) is 0 Å². The zero-order chi connectivity index (χ0) is 38.2. The van der Waals surface area contributed by atoms with Gasteiger partial charge in [-0.3, -0.25) is 19.3 Å². The van der Waals surface area contributed by atoms with Gasteiger partial charge in [-0.25, -0.2) is 0 Å². The number of para-hydroxylation sites is 1. The molecule has 0 unspecified atom stereocenters. The van der Waals surface area contributed by atoms with E-state index < -0.39 is 11.8 Å². The summed E-state index contributed by atoms with van der Waals surface area (Å²) in [5.41, 5.74) is 6.89. The minimum Gasteiger partial charge on any atom is -0.392 e. The van der Waals surface area contributed by atoms with Crippen molar-refractivity contribution < 1.29 is 29.0 Å². The number of likely N-dealkylation sites (tertiary alicyclic amines) is 1. The van der Waals surface area contributed by atoms with E-state index in [0.717, 1.165) is 65.0 Å². The summed E-state index contributed by atoms with van der Waals surface area (Å²) in [7, 11) is 0. The van der Waals surface area contributed by atoms with Crippen molar-refractivity contribution in [2.24, 2.45) is 0 Å². The van der Waals surface area contributed by atoms with Gasteiger partial charge in [0, 0.05) is 37.3 Å². The van der Waals surface area contributed by atoms with Gasteiger partial charge in [0.2, 0.25) is 5.91 Å². The van der Waals surface area contributed by atoms with Crippen LogP contribution in [0.2, 0.25) is 0 Å². The molecular weight excluding hydrogens is 705 g/mol. The van der Waals surface area contributed by atoms with Crippen molar-refractivity contribution in [2.75, 3.05) is 31.2 Å². The molecule has 4 aliphatic rings. The summed E-state index contributed by atoms with van der Waals surface area (Å²) in [5.74, 6) is -0.451. The van der Waals surface area contributed by atoms with Crippen molar-refractivity contribution in [1.29, 1.82) is 0 Å². The third kappa shape index (κ3) is 6.79. The molecule has 5 aromatic rings. The zero-order valence-corrected chi connectivity index (χ0v) is 31.1. The van der Waals surface area contributed by atoms with Gasteiger partial charge < -0.3 is 29.7 Å². The lowest BCUT2D eigenvalue weighted by Gasteiger charge is -2.45. The molecule has 0 radical (unpaired) electrons. The topological polar surface area (TPSA) is 112 Å². The molecule has 5 aromatic carbocycles. The quantitative estimate of drug-likeness (QED) is 0.162. The number of piperidine rings is 1. The molecule has 1 spiro atoms. The first-order valence-electron chi connectivity index (χ1n) is 19.4. The number of aliphatic hydroxyl groups excluding tert-OH is 1. The van der Waals surface area contributed by atoms with Gasteiger partial charge in [0.15, 0.2) is 6.29 Å². The highest BCUT2D eigenvalue weighted by atomic mass is 16.7. The van der Waals surface area contributed by atoms with Crippen LogP contribution < -0.4 is 10.2 Å². The van der Waals surface area contributed by atoms with Gasteiger partial charge >= 0.3 is 0 Å². The number of benzene rings is 5. The second-order valence-electron chi connectivity index (χ2n) is 15.2. The van der Waals surface area contributed by atoms with Gasteiger partial charge in [0.25, 0.3) is 11.8 Å². The summed E-state index contributed by atoms with van der Waals surface area (Å²) in [6.45, 7) is 2.91. The fourth-order valence-electron chi connectivity index (χ4n) is 8.74. The van der Waals surface area contributed by atoms with E-state index in [0.29, 0.717) is 30.8 Å². The minimum atomic E-state index is -0.636. The molecule has 4 heterocycles. The van der Waals surface area contributed by atoms with Crippen LogP contribution in [0.1, 0.15) is 74.6 Å². The Bertz CT molecular complexity index is 2220. The lowest BCUT2D eigenvalue weighted by atomic mass is 9.85. The molecule has 0 aliphatic carbocycles. The molecule has 284 valence electrons. The van der Waals surface area contributed by atoms with Crippen molar-refractivity contribution in [3.05, 3.63) is 161 Å². The number of fused-ring (bicyclic) bond motifs is 1. The summed E-state index contributed by atoms with van der Waals surface area (Å²) in [4.78, 5) is 45.4. The van der Waals surface area contributed by atoms with E-state index in [1.165, 1.54) is 4.90 Å². The minimum absolute atomic E-state index is 0.0252. The Morgan fingerprint density at radius 3 is 2.09 bits per heavy atom. The van der Waals surface area contributed by atoms with Crippen LogP contribution in [0.5, 0.6) is 0 Å². The molecule has 9 rings (SSSR count). The monoisotopic (exact) mass is 748 g/mol. The second-order valence-corrected chi connectivity index (χ2v) is 15.2. The van der Waals surface area contributed by atoms with Crippen LogP contribution in [0.15, 0.2) is 127 Å². The first-order valence-corrected chi connectivity index (χ1v) is 19.4. The fraction of sp³-hybridized carbons (Fsp3) is 0.283. The number of rotatable bonds is 9. The van der Waals surface area contributed by atoms with Crippen molar-refractivity contribution in [2.45, 2.75) is 56.5 Å². The van der Waals surface area contributed by atoms with Gasteiger partial charge in [-0.1, -0.05) is 91.0 Å². The maximum Gasteiger partial charge on any atom is 0.261 e. The van der Waals surface area contributed by atoms with E-state index in [1.54, 1.807) is 24.3 Å². The van der Waals surface area contributed by atoms with Crippen molar-refractivity contribution in [3.63, 3.8) is 0 Å². The number of hydrogen-bond acceptors (Lipinski definition) is 8. The number of anilines is 1. The molecule has 4 aliphatic heterocycles. The first-order chi connectivity index (χ1) is 27.4. The number of ether oxygens (including phenoxy) is 2. The van der Waals surface area contributed by atoms with Crippen molar-refractivity contribution >= 4 is 23.4 Å². The van der Waals surface area contributed by atoms with E-state index in [-0.39, 0.29) is 43.1 Å². The number of hydrogen-bond donors (Lipinski definition) is 2. The van der Waals surface area contributed by atoms with Crippen LogP contribution >= 0.6 is 0 Å². The SMILES string of the molecule is O=C1c2ccccc2C(=O)N1Cc1cccc(-c2cccc([C@H]3O[C@@H](CN4CCC5(CC4)C(=O)NCN5c4ccccc4)C[C@@H](c4ccc(CO)cc4)O3)c2)c1. The Hall–Kier alpha value is -5.65. The molecular formula is C46H44N4O6. The highest BCUT2D eigenvalue weighted by Gasteiger charge is 2.50. The molecule has 3 fully saturated rings. The molecule has 2 N–H and O–H groups in total. The van der Waals surface area contributed by atoms with Gasteiger partial charge in [-0.05, 0) is 77.1 Å². The number of aliphatic hydroxyl groups is 1. The Morgan fingerprint density at radius 1 is 0.696 bits per heavy atom. The molecule has 0 saturated carbocycles. The normalized spacial score (nSPS) is 22.1. The highest BCUT2D eigenvalue weighted by Crippen LogP contribution is 2.41. The number of imide groups is 1. The average Bonchev–Trinajstić information content (AvgIpc) is 3.69. The Balaban J connectivity index is 0.930. The average molecular weight is 749 g/mol. The molecule has 10 nitrogen and oxygen atoms in total. The number of nitrogens with zero attached hydrogens (tertiary/aromatic N) is 3. The maximum atomic E-state index is 13.3. The fourth-order valence-corrected chi connectivity index (χ4v) is 8.74. The molecule has 3 amide bonds. The molecule has 3 atom stereocenters. The lowest BCUT2D eigenvalue weighted by Crippen LogP contribution is -2.57. The van der Waals surface area contributed by atoms with E-state index in [9.17, 15) is 19.5 Å². The maximum absolute atomic E-state index is 13.3. The van der Waals surface area contributed by atoms with E-state index >= 15 is 0 Å². The summed E-state index contributed by atoms with van der Waals surface area (Å²) in [5, 5.41) is 12.8. The molecule has 0 bridgehead atoms. The molecule has 56 heavy (non-hydrogen) atoms. The van der Waals surface area contributed by atoms with Crippen LogP contribution in [0.3, 0.4) is 0 Å². The van der Waals surface area contributed by atoms with Crippen molar-refractivity contribution in [1.82, 2.24) is 15.1 Å². The second kappa shape index (κ2) is 15.1. The summed E-state index contributed by atoms with van der Waals surface area (Å²) in [6, 6.07) is 41.1. The largest absolute Gasteiger partial charge is 0.392 e. The van der Waals surface area contributed by atoms with Gasteiger partial charge in [0.05, 0.1) is 43.2 Å². The van der Waals surface area contributed by atoms with E-state index in [2.05, 4.69) is 33.3 Å². The number of amides is 3. The molecule has 3 saturated heterocycles. The van der Waals surface area contributed by atoms with Crippen LogP contribution in [0.25, 0.3) is 11.1 Å². The van der Waals surface area contributed by atoms with Crippen LogP contribution in [0.4, 0.5) is 5.69 Å². The van der Waals surface area contributed by atoms with Crippen LogP contribution in [0, 0.1) is 0 Å². The Kier molecular flexibility index (Phi) is 9.72. The van der Waals surface area contributed by atoms with Gasteiger partial charge in [0.1, 0.15) is 5.54 Å². The standard InChI is InChI=1S/C46H44N4O6/c51-29-31-16-18-33(19-17-31)41-26-38(28-48-22-20-46(21-23-48)45(54)47-30-50(46)37-12-2-1-3-13-37)55-44(56-41)36-11-7-10-35(25-36)34-9-6-8-32(24-34)27-49-42(52)39-14-4-5-15-40(39)43(49)53/h1-19,24-25,38,41,44,51H,20-23,26-30H2,(H,47,54)/t38-,41+,44+/m1/s1. The van der Waals surface area contributed by atoms with E-state index in [1.807, 2.05) is 84.9 Å². The number of carbonyl (C=O) groups is 3. The first kappa shape index (κ1) is 36.0. The number of nitrogens with one attached hydrogen (secondary N) is 1. The van der Waals surface area contributed by atoms with E-state index in [4.69, 9.17) is 9.47 Å². The van der Waals surface area contributed by atoms with Crippen LogP contribution in [-0.2, 0) is 27.4 Å². The lowest BCUT2D eigenvalue weighted by molar-refractivity contribution is -0.253. The van der Waals surface area contributed by atoms with Crippen LogP contribution in [-0.4, -0.2) is 70.6 Å².